The van der Waals surface area contributed by atoms with Crippen molar-refractivity contribution in [2.45, 2.75) is 38.6 Å². The Morgan fingerprint density at radius 1 is 1.33 bits per heavy atom. The molecule has 112 valence electrons. The summed E-state index contributed by atoms with van der Waals surface area (Å²) in [7, 11) is 1.77. The van der Waals surface area contributed by atoms with Gasteiger partial charge in [0.1, 0.15) is 5.75 Å². The standard InChI is InChI=1S/C18H24N2O/c1-3-12-7-8-15-18-13(9-10-20(15)11-12)17-14(19-18)5-4-6-16(17)21-2/h4-6,12,15,19H,3,7-11H2,1-2H3/t12-,15?/m1/s1. The minimum Gasteiger partial charge on any atom is -0.496 e. The Kier molecular flexibility index (Phi) is 3.18. The molecule has 3 heterocycles. The normalized spacial score (nSPS) is 25.6. The predicted octanol–water partition coefficient (Wildman–Crippen LogP) is 3.90. The van der Waals surface area contributed by atoms with Crippen LogP contribution in [0.25, 0.3) is 10.9 Å². The summed E-state index contributed by atoms with van der Waals surface area (Å²) in [5.41, 5.74) is 4.19. The first-order valence-electron chi connectivity index (χ1n) is 8.23. The molecule has 3 heteroatoms. The average molecular weight is 284 g/mol. The number of H-pyrrole nitrogens is 1. The molecule has 3 nitrogen and oxygen atoms in total. The molecule has 0 radical (unpaired) electrons. The lowest BCUT2D eigenvalue weighted by atomic mass is 9.85. The molecule has 2 aromatic rings. The predicted molar refractivity (Wildman–Crippen MR) is 85.9 cm³/mol. The van der Waals surface area contributed by atoms with Gasteiger partial charge in [-0.05, 0) is 42.9 Å². The number of methoxy groups -OCH3 is 1. The van der Waals surface area contributed by atoms with Crippen molar-refractivity contribution in [1.29, 1.82) is 0 Å². The minimum absolute atomic E-state index is 0.591. The zero-order valence-corrected chi connectivity index (χ0v) is 13.0. The van der Waals surface area contributed by atoms with Crippen molar-refractivity contribution < 1.29 is 4.74 Å². The maximum atomic E-state index is 5.59. The van der Waals surface area contributed by atoms with E-state index in [0.717, 1.165) is 18.1 Å². The molecule has 4 rings (SSSR count). The second kappa shape index (κ2) is 5.06. The third-order valence-electron chi connectivity index (χ3n) is 5.48. The Balaban J connectivity index is 1.79. The molecular formula is C18H24N2O. The van der Waals surface area contributed by atoms with Gasteiger partial charge in [0.2, 0.25) is 0 Å². The SMILES string of the molecule is CC[C@@H]1CCC2c3[nH]c4cccc(OC)c4c3CCN2C1. The smallest absolute Gasteiger partial charge is 0.128 e. The second-order valence-corrected chi connectivity index (χ2v) is 6.51. The summed E-state index contributed by atoms with van der Waals surface area (Å²) in [6.07, 6.45) is 5.11. The molecule has 0 spiro atoms. The van der Waals surface area contributed by atoms with E-state index in [0.29, 0.717) is 6.04 Å². The van der Waals surface area contributed by atoms with Crippen molar-refractivity contribution in [2.24, 2.45) is 5.92 Å². The summed E-state index contributed by atoms with van der Waals surface area (Å²) in [5.74, 6) is 1.91. The molecule has 21 heavy (non-hydrogen) atoms. The first kappa shape index (κ1) is 13.2. The number of rotatable bonds is 2. The molecule has 1 aromatic carbocycles. The second-order valence-electron chi connectivity index (χ2n) is 6.51. The summed E-state index contributed by atoms with van der Waals surface area (Å²) < 4.78 is 5.59. The van der Waals surface area contributed by atoms with Crippen LogP contribution in [-0.2, 0) is 6.42 Å². The Morgan fingerprint density at radius 2 is 2.24 bits per heavy atom. The summed E-state index contributed by atoms with van der Waals surface area (Å²) in [6, 6.07) is 6.93. The lowest BCUT2D eigenvalue weighted by Gasteiger charge is -2.42. The fraction of sp³-hybridized carbons (Fsp3) is 0.556. The number of fused-ring (bicyclic) bond motifs is 5. The largest absolute Gasteiger partial charge is 0.496 e. The van der Waals surface area contributed by atoms with Crippen molar-refractivity contribution in [2.75, 3.05) is 20.2 Å². The molecule has 0 aliphatic carbocycles. The van der Waals surface area contributed by atoms with Crippen LogP contribution in [0.3, 0.4) is 0 Å². The number of aromatic nitrogens is 1. The van der Waals surface area contributed by atoms with Crippen LogP contribution in [0.1, 0.15) is 43.5 Å². The molecule has 2 aliphatic rings. The number of aromatic amines is 1. The summed E-state index contributed by atoms with van der Waals surface area (Å²) >= 11 is 0. The topological polar surface area (TPSA) is 28.3 Å². The molecule has 1 fully saturated rings. The van der Waals surface area contributed by atoms with Gasteiger partial charge in [0.05, 0.1) is 13.2 Å². The van der Waals surface area contributed by atoms with E-state index in [1.807, 2.05) is 0 Å². The number of piperidine rings is 1. The Labute approximate surface area is 126 Å². The van der Waals surface area contributed by atoms with Gasteiger partial charge >= 0.3 is 0 Å². The lowest BCUT2D eigenvalue weighted by Crippen LogP contribution is -2.42. The van der Waals surface area contributed by atoms with Crippen LogP contribution in [-0.4, -0.2) is 30.1 Å². The van der Waals surface area contributed by atoms with Gasteiger partial charge in [0.25, 0.3) is 0 Å². The zero-order chi connectivity index (χ0) is 14.4. The summed E-state index contributed by atoms with van der Waals surface area (Å²) in [5, 5.41) is 1.31. The van der Waals surface area contributed by atoms with Crippen LogP contribution in [0.15, 0.2) is 18.2 Å². The van der Waals surface area contributed by atoms with Crippen molar-refractivity contribution in [1.82, 2.24) is 9.88 Å². The van der Waals surface area contributed by atoms with Crippen LogP contribution < -0.4 is 4.74 Å². The third-order valence-corrected chi connectivity index (χ3v) is 5.48. The molecule has 1 saturated heterocycles. The summed E-state index contributed by atoms with van der Waals surface area (Å²) in [6.45, 7) is 4.79. The molecule has 1 N–H and O–H groups in total. The van der Waals surface area contributed by atoms with Crippen molar-refractivity contribution in [3.63, 3.8) is 0 Å². The third kappa shape index (κ3) is 1.98. The number of hydrogen-bond donors (Lipinski definition) is 1. The minimum atomic E-state index is 0.591. The summed E-state index contributed by atoms with van der Waals surface area (Å²) in [4.78, 5) is 6.40. The van der Waals surface area contributed by atoms with Crippen LogP contribution in [0.2, 0.25) is 0 Å². The van der Waals surface area contributed by atoms with Crippen LogP contribution in [0.4, 0.5) is 0 Å². The number of ether oxygens (including phenoxy) is 1. The number of benzene rings is 1. The average Bonchev–Trinajstić information content (AvgIpc) is 2.93. The lowest BCUT2D eigenvalue weighted by molar-refractivity contribution is 0.0949. The van der Waals surface area contributed by atoms with Gasteiger partial charge in [0, 0.05) is 29.7 Å². The Morgan fingerprint density at radius 3 is 3.05 bits per heavy atom. The van der Waals surface area contributed by atoms with E-state index in [4.69, 9.17) is 4.74 Å². The fourth-order valence-electron chi connectivity index (χ4n) is 4.30. The van der Waals surface area contributed by atoms with Crippen molar-refractivity contribution in [3.8, 4) is 5.75 Å². The van der Waals surface area contributed by atoms with Gasteiger partial charge in [-0.2, -0.15) is 0 Å². The van der Waals surface area contributed by atoms with Crippen LogP contribution >= 0.6 is 0 Å². The first-order valence-corrected chi connectivity index (χ1v) is 8.23. The monoisotopic (exact) mass is 284 g/mol. The van der Waals surface area contributed by atoms with E-state index in [-0.39, 0.29) is 0 Å². The quantitative estimate of drug-likeness (QED) is 0.906. The highest BCUT2D eigenvalue weighted by molar-refractivity contribution is 5.91. The van der Waals surface area contributed by atoms with Gasteiger partial charge in [-0.1, -0.05) is 19.4 Å². The molecular weight excluding hydrogens is 260 g/mol. The zero-order valence-electron chi connectivity index (χ0n) is 13.0. The first-order chi connectivity index (χ1) is 10.3. The molecule has 0 bridgehead atoms. The van der Waals surface area contributed by atoms with Gasteiger partial charge in [0.15, 0.2) is 0 Å². The van der Waals surface area contributed by atoms with Crippen molar-refractivity contribution in [3.05, 3.63) is 29.5 Å². The Bertz CT molecular complexity index is 661. The Hall–Kier alpha value is -1.48. The van der Waals surface area contributed by atoms with Crippen LogP contribution in [0, 0.1) is 5.92 Å². The van der Waals surface area contributed by atoms with E-state index in [1.54, 1.807) is 7.11 Å². The van der Waals surface area contributed by atoms with E-state index < -0.39 is 0 Å². The highest BCUT2D eigenvalue weighted by atomic mass is 16.5. The fourth-order valence-corrected chi connectivity index (χ4v) is 4.30. The maximum absolute atomic E-state index is 5.59. The van der Waals surface area contributed by atoms with E-state index in [2.05, 4.69) is 35.0 Å². The van der Waals surface area contributed by atoms with E-state index in [9.17, 15) is 0 Å². The van der Waals surface area contributed by atoms with Gasteiger partial charge in [-0.25, -0.2) is 0 Å². The van der Waals surface area contributed by atoms with E-state index in [1.165, 1.54) is 54.5 Å². The molecule has 1 unspecified atom stereocenters. The van der Waals surface area contributed by atoms with Gasteiger partial charge in [-0.3, -0.25) is 4.90 Å². The highest BCUT2D eigenvalue weighted by Gasteiger charge is 2.35. The molecule has 0 amide bonds. The molecule has 0 saturated carbocycles. The number of hydrogen-bond acceptors (Lipinski definition) is 2. The van der Waals surface area contributed by atoms with Crippen molar-refractivity contribution >= 4 is 10.9 Å². The molecule has 1 aromatic heterocycles. The van der Waals surface area contributed by atoms with E-state index >= 15 is 0 Å². The highest BCUT2D eigenvalue weighted by Crippen LogP contribution is 2.43. The van der Waals surface area contributed by atoms with Gasteiger partial charge < -0.3 is 9.72 Å². The number of nitrogens with zero attached hydrogens (tertiary/aromatic N) is 1. The molecule has 2 aliphatic heterocycles. The number of nitrogens with one attached hydrogen (secondary N) is 1. The maximum Gasteiger partial charge on any atom is 0.128 e. The van der Waals surface area contributed by atoms with Crippen LogP contribution in [0.5, 0.6) is 5.75 Å². The molecule has 2 atom stereocenters. The van der Waals surface area contributed by atoms with Gasteiger partial charge in [-0.15, -0.1) is 0 Å².